The molecule has 0 bridgehead atoms. The number of hydrogen-bond acceptors (Lipinski definition) is 7. The van der Waals surface area contributed by atoms with Gasteiger partial charge in [-0.1, -0.05) is 12.1 Å². The summed E-state index contributed by atoms with van der Waals surface area (Å²) in [6.07, 6.45) is 3.79. The third-order valence-electron chi connectivity index (χ3n) is 8.73. The van der Waals surface area contributed by atoms with Crippen molar-refractivity contribution in [1.29, 1.82) is 5.26 Å². The van der Waals surface area contributed by atoms with Crippen molar-refractivity contribution < 1.29 is 17.8 Å². The van der Waals surface area contributed by atoms with E-state index < -0.39 is 33.2 Å². The van der Waals surface area contributed by atoms with Gasteiger partial charge in [0.25, 0.3) is 0 Å². The van der Waals surface area contributed by atoms with E-state index in [0.717, 1.165) is 23.0 Å². The average Bonchev–Trinajstić information content (AvgIpc) is 3.65. The molecule has 3 aliphatic rings. The Morgan fingerprint density at radius 3 is 2.52 bits per heavy atom. The molecule has 0 radical (unpaired) electrons. The molecule has 0 spiro atoms. The fourth-order valence-corrected chi connectivity index (χ4v) is 7.55. The lowest BCUT2D eigenvalue weighted by Crippen LogP contribution is -2.44. The number of nitriles is 1. The van der Waals surface area contributed by atoms with Gasteiger partial charge in [-0.3, -0.25) is 4.79 Å². The van der Waals surface area contributed by atoms with Crippen LogP contribution in [0.3, 0.4) is 0 Å². The molecular weight excluding hydrogens is 560 g/mol. The van der Waals surface area contributed by atoms with Gasteiger partial charge < -0.3 is 10.2 Å². The SMILES string of the molecule is CN=S1(=O)CCN(c2ccc(-c3cn(-c4ccc(F)cn4)nc3C3CCC(F)CC3C(=O)NC3(C#N)CC3)cc2)CC1. The molecule has 6 rings (SSSR count). The molecule has 1 N–H and O–H groups in total. The quantitative estimate of drug-likeness (QED) is 0.453. The molecule has 1 amide bonds. The van der Waals surface area contributed by atoms with Crippen molar-refractivity contribution in [3.63, 3.8) is 0 Å². The van der Waals surface area contributed by atoms with Crippen LogP contribution in [0.4, 0.5) is 14.5 Å². The zero-order chi connectivity index (χ0) is 29.5. The maximum absolute atomic E-state index is 14.7. The normalized spacial score (nSPS) is 24.4. The van der Waals surface area contributed by atoms with E-state index in [1.165, 1.54) is 12.1 Å². The third kappa shape index (κ3) is 5.62. The lowest BCUT2D eigenvalue weighted by Gasteiger charge is -2.32. The number of carbonyl (C=O) groups is 1. The predicted molar refractivity (Wildman–Crippen MR) is 156 cm³/mol. The van der Waals surface area contributed by atoms with Crippen molar-refractivity contribution in [3.05, 3.63) is 60.3 Å². The third-order valence-corrected chi connectivity index (χ3v) is 11.0. The maximum Gasteiger partial charge on any atom is 0.225 e. The number of rotatable bonds is 6. The molecule has 3 unspecified atom stereocenters. The molecule has 2 aromatic heterocycles. The van der Waals surface area contributed by atoms with Crippen molar-refractivity contribution in [3.8, 4) is 23.0 Å². The maximum atomic E-state index is 14.7. The number of aromatic nitrogens is 3. The summed E-state index contributed by atoms with van der Waals surface area (Å²) in [6.45, 7) is 1.31. The lowest BCUT2D eigenvalue weighted by atomic mass is 9.74. The van der Waals surface area contributed by atoms with E-state index in [-0.39, 0.29) is 18.2 Å². The van der Waals surface area contributed by atoms with Crippen LogP contribution in [0, 0.1) is 23.1 Å². The summed E-state index contributed by atoms with van der Waals surface area (Å²) in [4.78, 5) is 19.8. The van der Waals surface area contributed by atoms with Gasteiger partial charge in [-0.2, -0.15) is 10.4 Å². The minimum Gasteiger partial charge on any atom is -0.370 e. The predicted octanol–water partition coefficient (Wildman–Crippen LogP) is 4.39. The van der Waals surface area contributed by atoms with Gasteiger partial charge in [-0.05, 0) is 61.9 Å². The molecule has 1 saturated heterocycles. The van der Waals surface area contributed by atoms with E-state index in [4.69, 9.17) is 5.10 Å². The zero-order valence-corrected chi connectivity index (χ0v) is 24.2. The highest BCUT2D eigenvalue weighted by Gasteiger charge is 2.48. The number of hydrogen-bond donors (Lipinski definition) is 1. The average molecular weight is 594 g/mol. The van der Waals surface area contributed by atoms with Crippen LogP contribution in [0.2, 0.25) is 0 Å². The van der Waals surface area contributed by atoms with Gasteiger partial charge in [0.05, 0.1) is 18.0 Å². The van der Waals surface area contributed by atoms with Crippen molar-refractivity contribution in [2.75, 3.05) is 36.5 Å². The summed E-state index contributed by atoms with van der Waals surface area (Å²) < 4.78 is 46.6. The molecule has 12 heteroatoms. The van der Waals surface area contributed by atoms with E-state index in [1.54, 1.807) is 11.7 Å². The van der Waals surface area contributed by atoms with Crippen molar-refractivity contribution in [2.45, 2.75) is 49.7 Å². The van der Waals surface area contributed by atoms with Gasteiger partial charge in [0, 0.05) is 70.7 Å². The van der Waals surface area contributed by atoms with Crippen LogP contribution in [0.5, 0.6) is 0 Å². The first-order valence-corrected chi connectivity index (χ1v) is 16.1. The van der Waals surface area contributed by atoms with Gasteiger partial charge >= 0.3 is 0 Å². The minimum absolute atomic E-state index is 0.0558. The van der Waals surface area contributed by atoms with Gasteiger partial charge in [-0.25, -0.2) is 27.0 Å². The van der Waals surface area contributed by atoms with Crippen LogP contribution >= 0.6 is 0 Å². The monoisotopic (exact) mass is 593 g/mol. The van der Waals surface area contributed by atoms with Crippen molar-refractivity contribution >= 4 is 21.3 Å². The van der Waals surface area contributed by atoms with E-state index in [2.05, 4.69) is 25.6 Å². The number of pyridine rings is 1. The molecule has 3 fully saturated rings. The second-order valence-electron chi connectivity index (χ2n) is 11.4. The Balaban J connectivity index is 1.35. The first kappa shape index (κ1) is 28.3. The summed E-state index contributed by atoms with van der Waals surface area (Å²) in [6, 6.07) is 13.0. The molecule has 3 atom stereocenters. The molecule has 9 nitrogen and oxygen atoms in total. The zero-order valence-electron chi connectivity index (χ0n) is 23.4. The highest BCUT2D eigenvalue weighted by atomic mass is 32.2. The highest BCUT2D eigenvalue weighted by Crippen LogP contribution is 2.44. The largest absolute Gasteiger partial charge is 0.370 e. The number of anilines is 1. The molecule has 3 heterocycles. The van der Waals surface area contributed by atoms with Crippen molar-refractivity contribution in [2.24, 2.45) is 10.3 Å². The second-order valence-corrected chi connectivity index (χ2v) is 14.1. The van der Waals surface area contributed by atoms with E-state index in [9.17, 15) is 23.0 Å². The van der Waals surface area contributed by atoms with Crippen LogP contribution in [-0.2, 0) is 14.5 Å². The Morgan fingerprint density at radius 1 is 1.17 bits per heavy atom. The number of nitrogens with one attached hydrogen (secondary N) is 1. The Bertz CT molecular complexity index is 1620. The summed E-state index contributed by atoms with van der Waals surface area (Å²) in [7, 11) is -0.506. The minimum atomic E-state index is -2.12. The molecule has 3 aromatic rings. The number of alkyl halides is 1. The summed E-state index contributed by atoms with van der Waals surface area (Å²) in [5.41, 5.74) is 2.44. The van der Waals surface area contributed by atoms with Crippen LogP contribution in [0.15, 0.2) is 53.2 Å². The van der Waals surface area contributed by atoms with Crippen LogP contribution in [-0.4, -0.2) is 68.2 Å². The van der Waals surface area contributed by atoms with Gasteiger partial charge in [-0.15, -0.1) is 0 Å². The summed E-state index contributed by atoms with van der Waals surface area (Å²) >= 11 is 0. The molecule has 1 aliphatic heterocycles. The lowest BCUT2D eigenvalue weighted by molar-refractivity contribution is -0.128. The number of halogens is 2. The van der Waals surface area contributed by atoms with Crippen LogP contribution in [0.1, 0.15) is 43.7 Å². The summed E-state index contributed by atoms with van der Waals surface area (Å²) in [5.74, 6) is -0.378. The number of nitrogens with zero attached hydrogens (tertiary/aromatic N) is 6. The van der Waals surface area contributed by atoms with Crippen LogP contribution < -0.4 is 10.2 Å². The van der Waals surface area contributed by atoms with E-state index in [0.29, 0.717) is 61.8 Å². The van der Waals surface area contributed by atoms with Gasteiger partial charge in [0.15, 0.2) is 5.82 Å². The Hall–Kier alpha value is -3.85. The number of benzene rings is 1. The molecular formula is C30H33F2N7O2S. The van der Waals surface area contributed by atoms with Gasteiger partial charge in [0.2, 0.25) is 5.91 Å². The standard InChI is InChI=1S/C30H33F2N7O2S/c1-34-42(41)14-12-38(13-15-42)23-6-2-20(3-7-23)26-18-39(27-9-5-22(32)17-35-27)37-28(26)24-8-4-21(31)16-25(24)29(40)36-30(19-33)10-11-30/h2-3,5-7,9,17-18,21,24-25H,4,8,10-16H2,1H3,(H,36,40). The second kappa shape index (κ2) is 11.1. The molecule has 2 aliphatic carbocycles. The molecule has 1 aromatic carbocycles. The van der Waals surface area contributed by atoms with E-state index in [1.807, 2.05) is 30.5 Å². The Kier molecular flexibility index (Phi) is 7.47. The summed E-state index contributed by atoms with van der Waals surface area (Å²) in [5, 5.41) is 17.3. The Morgan fingerprint density at radius 2 is 1.90 bits per heavy atom. The molecule has 220 valence electrons. The first-order chi connectivity index (χ1) is 20.2. The highest BCUT2D eigenvalue weighted by molar-refractivity contribution is 7.93. The fraction of sp³-hybridized carbons (Fsp3) is 0.467. The fourth-order valence-electron chi connectivity index (χ4n) is 5.97. The number of carbonyl (C=O) groups excluding carboxylic acids is 1. The Labute approximate surface area is 244 Å². The molecule has 42 heavy (non-hydrogen) atoms. The topological polar surface area (TPSA) is 116 Å². The van der Waals surface area contributed by atoms with E-state index >= 15 is 0 Å². The van der Waals surface area contributed by atoms with Crippen molar-refractivity contribution in [1.82, 2.24) is 20.1 Å². The molecule has 2 saturated carbocycles. The number of amides is 1. The van der Waals surface area contributed by atoms with Gasteiger partial charge in [0.1, 0.15) is 17.5 Å². The first-order valence-electron chi connectivity index (χ1n) is 14.3. The smallest absolute Gasteiger partial charge is 0.225 e. The van der Waals surface area contributed by atoms with Crippen LogP contribution in [0.25, 0.3) is 16.9 Å².